The van der Waals surface area contributed by atoms with E-state index in [0.717, 1.165) is 38.5 Å². The van der Waals surface area contributed by atoms with Crippen LogP contribution in [0.1, 0.15) is 167 Å². The maximum atomic E-state index is 14.7. The molecule has 4 rings (SSSR count). The first-order valence-electron chi connectivity index (χ1n) is 26.3. The summed E-state index contributed by atoms with van der Waals surface area (Å²) in [7, 11) is 2.69. The standard InChI is InChI=1S/C53H90N6O11/c1-15-31(4)45(58-50(67)70-51(8,9)10)48(65)55-33(6)46(63)57-41(26-30(2)3)47(64)56-34(7)49(66)59(29-42(60)54-28-44(62)69-14)36-22-24-52(11)35(27-36)17-18-37-39-20-19-38(32(5)16-21-43(61)68-13)53(39,12)25-23-40(37)52/h30-41,45H,15-29H2,1-14H3,(H,54,60)(H,55,65)(H,56,64)(H,57,63)(H,58,67)/t31-,32+,33-,34-,35+,36+,37-,38+,39-,40-,41-,45-,52-,53+/m0/s1. The highest BCUT2D eigenvalue weighted by molar-refractivity contribution is 5.96. The van der Waals surface area contributed by atoms with E-state index in [2.05, 4.69) is 47.4 Å². The summed E-state index contributed by atoms with van der Waals surface area (Å²) in [4.78, 5) is 108. The molecule has 398 valence electrons. The van der Waals surface area contributed by atoms with Gasteiger partial charge in [0.05, 0.1) is 20.8 Å². The Hall–Kier alpha value is -4.44. The molecule has 0 heterocycles. The number of esters is 2. The minimum Gasteiger partial charge on any atom is -0.469 e. The lowest BCUT2D eigenvalue weighted by Gasteiger charge is -2.62. The van der Waals surface area contributed by atoms with Crippen LogP contribution in [0.5, 0.6) is 0 Å². The van der Waals surface area contributed by atoms with Crippen LogP contribution in [0.15, 0.2) is 0 Å². The van der Waals surface area contributed by atoms with Crippen LogP contribution < -0.4 is 26.6 Å². The quantitative estimate of drug-likeness (QED) is 0.0643. The molecule has 0 aromatic carbocycles. The first-order valence-corrected chi connectivity index (χ1v) is 26.3. The number of alkyl carbamates (subject to hydrolysis) is 1. The summed E-state index contributed by atoms with van der Waals surface area (Å²) >= 11 is 0. The van der Waals surface area contributed by atoms with Crippen LogP contribution in [-0.4, -0.2) is 116 Å². The number of hydrogen-bond donors (Lipinski definition) is 5. The molecule has 17 heteroatoms. The van der Waals surface area contributed by atoms with Gasteiger partial charge < -0.3 is 45.7 Å². The highest BCUT2D eigenvalue weighted by atomic mass is 16.6. The van der Waals surface area contributed by atoms with Gasteiger partial charge in [0.2, 0.25) is 29.5 Å². The molecule has 5 N–H and O–H groups in total. The Kier molecular flexibility index (Phi) is 20.6. The molecule has 0 aromatic rings. The molecule has 0 bridgehead atoms. The number of nitrogens with one attached hydrogen (secondary N) is 5. The number of carbonyl (C=O) groups excluding carboxylic acids is 8. The van der Waals surface area contributed by atoms with Gasteiger partial charge in [-0.3, -0.25) is 33.6 Å². The van der Waals surface area contributed by atoms with E-state index in [-0.39, 0.29) is 54.2 Å². The minimum atomic E-state index is -1.09. The van der Waals surface area contributed by atoms with E-state index in [0.29, 0.717) is 61.2 Å². The fourth-order valence-electron chi connectivity index (χ4n) is 13.1. The van der Waals surface area contributed by atoms with Crippen molar-refractivity contribution in [1.29, 1.82) is 0 Å². The van der Waals surface area contributed by atoms with Crippen LogP contribution in [0.4, 0.5) is 4.79 Å². The van der Waals surface area contributed by atoms with Crippen molar-refractivity contribution in [2.45, 2.75) is 202 Å². The summed E-state index contributed by atoms with van der Waals surface area (Å²) in [6.07, 6.45) is 10.5. The van der Waals surface area contributed by atoms with Gasteiger partial charge in [0.15, 0.2) is 0 Å². The largest absolute Gasteiger partial charge is 0.469 e. The van der Waals surface area contributed by atoms with E-state index >= 15 is 0 Å². The van der Waals surface area contributed by atoms with Crippen LogP contribution in [-0.2, 0) is 47.8 Å². The molecule has 0 spiro atoms. The molecule has 6 amide bonds. The molecule has 0 unspecified atom stereocenters. The SMILES string of the molecule is CC[C@H](C)[C@H](NC(=O)OC(C)(C)C)C(=O)N[C@@H](C)C(=O)N[C@@H](CC(C)C)C(=O)N[C@@H](C)C(=O)N(CC(=O)NCC(=O)OC)[C@@H]1CC[C@@]2(C)[C@H](CC[C@@H]3[C@@H]2CC[C@]2(C)[C@@H]([C@H](C)CCC(=O)OC)CC[C@@H]32)C1. The van der Waals surface area contributed by atoms with Gasteiger partial charge in [-0.25, -0.2) is 4.79 Å². The van der Waals surface area contributed by atoms with Gasteiger partial charge in [0, 0.05) is 12.5 Å². The molecule has 0 saturated heterocycles. The normalized spacial score (nSPS) is 28.6. The smallest absolute Gasteiger partial charge is 0.408 e. The summed E-state index contributed by atoms with van der Waals surface area (Å²) in [5.74, 6) is -0.703. The second-order valence-corrected chi connectivity index (χ2v) is 23.4. The third-order valence-electron chi connectivity index (χ3n) is 17.1. The molecule has 4 aliphatic carbocycles. The molecule has 17 nitrogen and oxygen atoms in total. The first kappa shape index (κ1) is 58.1. The van der Waals surface area contributed by atoms with Crippen LogP contribution in [0.25, 0.3) is 0 Å². The Morgan fingerprint density at radius 2 is 1.34 bits per heavy atom. The number of amides is 6. The molecule has 14 atom stereocenters. The predicted octanol–water partition coefficient (Wildman–Crippen LogP) is 6.20. The van der Waals surface area contributed by atoms with E-state index in [1.807, 2.05) is 20.8 Å². The van der Waals surface area contributed by atoms with E-state index in [1.54, 1.807) is 39.5 Å². The van der Waals surface area contributed by atoms with Crippen LogP contribution >= 0.6 is 0 Å². The number of ether oxygens (including phenoxy) is 3. The topological polar surface area (TPSA) is 228 Å². The van der Waals surface area contributed by atoms with Crippen molar-refractivity contribution in [2.24, 2.45) is 58.2 Å². The Bertz CT molecular complexity index is 1870. The van der Waals surface area contributed by atoms with Crippen LogP contribution in [0.2, 0.25) is 0 Å². The van der Waals surface area contributed by atoms with Gasteiger partial charge in [-0.2, -0.15) is 0 Å². The third kappa shape index (κ3) is 14.6. The highest BCUT2D eigenvalue weighted by Crippen LogP contribution is 2.68. The van der Waals surface area contributed by atoms with E-state index in [4.69, 9.17) is 14.2 Å². The molecule has 4 fully saturated rings. The molecular weight excluding hydrogens is 897 g/mol. The number of fused-ring (bicyclic) bond motifs is 5. The zero-order chi connectivity index (χ0) is 52.5. The molecule has 0 radical (unpaired) electrons. The number of hydrogen-bond acceptors (Lipinski definition) is 11. The van der Waals surface area contributed by atoms with Gasteiger partial charge in [-0.1, -0.05) is 54.9 Å². The number of methoxy groups -OCH3 is 2. The summed E-state index contributed by atoms with van der Waals surface area (Å²) in [5, 5.41) is 13.5. The first-order chi connectivity index (χ1) is 32.7. The van der Waals surface area contributed by atoms with Gasteiger partial charge in [-0.05, 0) is 163 Å². The Labute approximate surface area is 418 Å². The number of carbonyl (C=O) groups is 8. The average Bonchev–Trinajstić information content (AvgIpc) is 3.66. The molecule has 70 heavy (non-hydrogen) atoms. The fourth-order valence-corrected chi connectivity index (χ4v) is 13.1. The molecule has 0 aromatic heterocycles. The summed E-state index contributed by atoms with van der Waals surface area (Å²) in [6.45, 7) is 22.3. The minimum absolute atomic E-state index is 0.0454. The van der Waals surface area contributed by atoms with Crippen molar-refractivity contribution in [3.05, 3.63) is 0 Å². The summed E-state index contributed by atoms with van der Waals surface area (Å²) in [6, 6.07) is -4.51. The van der Waals surface area contributed by atoms with Crippen molar-refractivity contribution >= 4 is 47.6 Å². The summed E-state index contributed by atoms with van der Waals surface area (Å²) in [5.41, 5.74) is -0.477. The molecule has 0 aliphatic heterocycles. The fraction of sp³-hybridized carbons (Fsp3) is 0.849. The molecular formula is C53H90N6O11. The van der Waals surface area contributed by atoms with Gasteiger partial charge in [0.1, 0.15) is 36.3 Å². The molecule has 4 aliphatic rings. The Morgan fingerprint density at radius 1 is 0.714 bits per heavy atom. The van der Waals surface area contributed by atoms with Crippen molar-refractivity contribution in [1.82, 2.24) is 31.5 Å². The van der Waals surface area contributed by atoms with Gasteiger partial charge in [0.25, 0.3) is 0 Å². The van der Waals surface area contributed by atoms with E-state index in [1.165, 1.54) is 34.0 Å². The highest BCUT2D eigenvalue weighted by Gasteiger charge is 2.61. The lowest BCUT2D eigenvalue weighted by Crippen LogP contribution is -2.60. The van der Waals surface area contributed by atoms with Crippen LogP contribution in [0, 0.1) is 58.2 Å². The Morgan fingerprint density at radius 3 is 1.96 bits per heavy atom. The zero-order valence-corrected chi connectivity index (χ0v) is 45.1. The number of rotatable bonds is 21. The monoisotopic (exact) mass is 987 g/mol. The van der Waals surface area contributed by atoms with E-state index in [9.17, 15) is 38.4 Å². The number of nitrogens with zero attached hydrogens (tertiary/aromatic N) is 1. The predicted molar refractivity (Wildman–Crippen MR) is 265 cm³/mol. The Balaban J connectivity index is 1.47. The third-order valence-corrected chi connectivity index (χ3v) is 17.1. The second-order valence-electron chi connectivity index (χ2n) is 23.4. The maximum absolute atomic E-state index is 14.7. The van der Waals surface area contributed by atoms with Crippen molar-refractivity contribution < 1.29 is 52.6 Å². The summed E-state index contributed by atoms with van der Waals surface area (Å²) < 4.78 is 15.1. The van der Waals surface area contributed by atoms with Crippen molar-refractivity contribution in [2.75, 3.05) is 27.3 Å². The van der Waals surface area contributed by atoms with Crippen LogP contribution in [0.3, 0.4) is 0 Å². The van der Waals surface area contributed by atoms with E-state index < -0.39 is 71.4 Å². The van der Waals surface area contributed by atoms with Gasteiger partial charge in [-0.15, -0.1) is 0 Å². The lowest BCUT2D eigenvalue weighted by atomic mass is 9.44. The van der Waals surface area contributed by atoms with Crippen molar-refractivity contribution in [3.8, 4) is 0 Å². The second kappa shape index (κ2) is 24.8. The van der Waals surface area contributed by atoms with Crippen molar-refractivity contribution in [3.63, 3.8) is 0 Å². The maximum Gasteiger partial charge on any atom is 0.408 e. The average molecular weight is 987 g/mol. The lowest BCUT2D eigenvalue weighted by molar-refractivity contribution is -0.149. The molecule has 4 saturated carbocycles. The zero-order valence-electron chi connectivity index (χ0n) is 45.1. The van der Waals surface area contributed by atoms with Gasteiger partial charge >= 0.3 is 18.0 Å².